The molecule has 0 aliphatic rings. The average molecular weight is 577 g/mol. The molecule has 0 aliphatic heterocycles. The van der Waals surface area contributed by atoms with Crippen molar-refractivity contribution in [3.8, 4) is 0 Å². The van der Waals surface area contributed by atoms with Crippen LogP contribution >= 0.6 is 47.8 Å². The summed E-state index contributed by atoms with van der Waals surface area (Å²) < 4.78 is 46.1. The predicted octanol–water partition coefficient (Wildman–Crippen LogP) is 4.91. The first kappa shape index (κ1) is 22.8. The van der Waals surface area contributed by atoms with Crippen LogP contribution < -0.4 is 0 Å². The monoisotopic (exact) mass is 574 g/mol. The van der Waals surface area contributed by atoms with Crippen LogP contribution in [-0.2, 0) is 25.0 Å². The molecule has 0 saturated heterocycles. The van der Waals surface area contributed by atoms with Gasteiger partial charge in [-0.2, -0.15) is 0 Å². The minimum atomic E-state index is -3.13. The van der Waals surface area contributed by atoms with E-state index in [0.29, 0.717) is 24.1 Å². The number of alkyl halides is 1. The molecule has 9 heteroatoms. The van der Waals surface area contributed by atoms with Crippen LogP contribution in [0.5, 0.6) is 0 Å². The van der Waals surface area contributed by atoms with Gasteiger partial charge in [0.05, 0.1) is 9.79 Å². The van der Waals surface area contributed by atoms with Gasteiger partial charge in [-0.15, -0.1) is 0 Å². The van der Waals surface area contributed by atoms with E-state index in [1.54, 1.807) is 24.3 Å². The molecule has 4 nitrogen and oxygen atoms in total. The van der Waals surface area contributed by atoms with Crippen LogP contribution in [-0.4, -0.2) is 29.3 Å². The summed E-state index contributed by atoms with van der Waals surface area (Å²) in [6.45, 7) is 1.86. The Hall–Kier alpha value is -0.220. The van der Waals surface area contributed by atoms with E-state index in [9.17, 15) is 16.8 Å². The van der Waals surface area contributed by atoms with Crippen molar-refractivity contribution in [2.75, 3.05) is 12.5 Å². The average Bonchev–Trinajstić information content (AvgIpc) is 2.48. The molecule has 0 aromatic heterocycles. The molecule has 0 heterocycles. The number of rotatable bonds is 3. The molecule has 0 bridgehead atoms. The van der Waals surface area contributed by atoms with E-state index >= 15 is 0 Å². The minimum absolute atomic E-state index is 0.337. The summed E-state index contributed by atoms with van der Waals surface area (Å²) in [7, 11) is -6.24. The Morgan fingerprint density at radius 2 is 1.24 bits per heavy atom. The minimum Gasteiger partial charge on any atom is -0.224 e. The highest BCUT2D eigenvalue weighted by Gasteiger charge is 2.12. The van der Waals surface area contributed by atoms with E-state index in [0.717, 1.165) is 11.1 Å². The second kappa shape index (κ2) is 9.12. The molecule has 0 fully saturated rings. The van der Waals surface area contributed by atoms with Gasteiger partial charge in [0.15, 0.2) is 19.7 Å². The molecule has 2 aromatic carbocycles. The summed E-state index contributed by atoms with van der Waals surface area (Å²) in [5, 5.41) is 0.656. The summed E-state index contributed by atoms with van der Waals surface area (Å²) in [5.41, 5.74) is 1.89. The van der Waals surface area contributed by atoms with Gasteiger partial charge in [-0.25, -0.2) is 16.8 Å². The zero-order valence-corrected chi connectivity index (χ0v) is 20.1. The third-order valence-electron chi connectivity index (χ3n) is 3.04. The van der Waals surface area contributed by atoms with E-state index in [2.05, 4.69) is 47.8 Å². The Labute approximate surface area is 174 Å². The van der Waals surface area contributed by atoms with Crippen LogP contribution in [0.1, 0.15) is 11.1 Å². The van der Waals surface area contributed by atoms with E-state index in [1.165, 1.54) is 12.5 Å². The fraction of sp³-hybridized carbons (Fsp3) is 0.250. The van der Waals surface area contributed by atoms with E-state index < -0.39 is 19.7 Å². The van der Waals surface area contributed by atoms with Gasteiger partial charge in [0.2, 0.25) is 0 Å². The second-order valence-corrected chi connectivity index (χ2v) is 11.6. The predicted molar refractivity (Wildman–Crippen MR) is 112 cm³/mol. The van der Waals surface area contributed by atoms with Gasteiger partial charge in [-0.05, 0) is 74.2 Å². The van der Waals surface area contributed by atoms with E-state index in [4.69, 9.17) is 0 Å². The van der Waals surface area contributed by atoms with Gasteiger partial charge in [0, 0.05) is 26.8 Å². The van der Waals surface area contributed by atoms with Crippen LogP contribution in [0, 0.1) is 6.92 Å². The zero-order valence-electron chi connectivity index (χ0n) is 13.8. The van der Waals surface area contributed by atoms with Gasteiger partial charge < -0.3 is 0 Å². The lowest BCUT2D eigenvalue weighted by molar-refractivity contribution is 0.599. The Balaban J connectivity index is 0.000000251. The molecule has 0 radical (unpaired) electrons. The molecule has 0 saturated carbocycles. The van der Waals surface area contributed by atoms with Crippen LogP contribution in [0.3, 0.4) is 0 Å². The number of halogens is 3. The highest BCUT2D eigenvalue weighted by molar-refractivity contribution is 9.10. The standard InChI is InChI=1S/C8H8Br2O2S.C8H9BrO2S/c1-13(11,12)8-4-6(5-9)2-3-7(8)10;1-6-3-4-7(9)8(5-6)12(2,10)11/h2-4H,5H2,1H3;3-5H,1-2H3. The van der Waals surface area contributed by atoms with Gasteiger partial charge in [-0.1, -0.05) is 28.1 Å². The van der Waals surface area contributed by atoms with Gasteiger partial charge >= 0.3 is 0 Å². The molecule has 2 rings (SSSR count). The van der Waals surface area contributed by atoms with Crippen molar-refractivity contribution >= 4 is 67.5 Å². The SMILES string of the molecule is CS(=O)(=O)c1cc(CBr)ccc1Br.Cc1ccc(Br)c(S(C)(=O)=O)c1. The van der Waals surface area contributed by atoms with Crippen molar-refractivity contribution < 1.29 is 16.8 Å². The molecule has 0 unspecified atom stereocenters. The zero-order chi connectivity index (χ0) is 19.4. The molecule has 25 heavy (non-hydrogen) atoms. The highest BCUT2D eigenvalue weighted by atomic mass is 79.9. The van der Waals surface area contributed by atoms with Crippen molar-refractivity contribution in [2.45, 2.75) is 22.0 Å². The van der Waals surface area contributed by atoms with Crippen LogP contribution in [0.15, 0.2) is 55.1 Å². The highest BCUT2D eigenvalue weighted by Crippen LogP contribution is 2.24. The number of hydrogen-bond acceptors (Lipinski definition) is 4. The summed E-state index contributed by atoms with van der Waals surface area (Å²) in [6, 6.07) is 10.5. The number of aryl methyl sites for hydroxylation is 1. The smallest absolute Gasteiger partial charge is 0.176 e. The lowest BCUT2D eigenvalue weighted by Crippen LogP contribution is -1.98. The molecule has 0 N–H and O–H groups in total. The first-order valence-electron chi connectivity index (χ1n) is 6.87. The maximum atomic E-state index is 11.3. The fourth-order valence-electron chi connectivity index (χ4n) is 1.81. The van der Waals surface area contributed by atoms with Crippen molar-refractivity contribution in [1.82, 2.24) is 0 Å². The summed E-state index contributed by atoms with van der Waals surface area (Å²) >= 11 is 9.66. The Kier molecular flexibility index (Phi) is 8.33. The first-order chi connectivity index (χ1) is 11.4. The lowest BCUT2D eigenvalue weighted by atomic mass is 10.2. The quantitative estimate of drug-likeness (QED) is 0.487. The largest absolute Gasteiger partial charge is 0.224 e. The molecule has 0 amide bonds. The fourth-order valence-corrected chi connectivity index (χ4v) is 6.03. The van der Waals surface area contributed by atoms with Crippen LogP contribution in [0.25, 0.3) is 0 Å². The van der Waals surface area contributed by atoms with Crippen molar-refractivity contribution in [2.24, 2.45) is 0 Å². The third-order valence-corrected chi connectivity index (χ3v) is 7.86. The van der Waals surface area contributed by atoms with Gasteiger partial charge in [0.1, 0.15) is 0 Å². The second-order valence-electron chi connectivity index (χ2n) is 5.38. The molecular weight excluding hydrogens is 560 g/mol. The molecule has 2 aromatic rings. The molecule has 0 spiro atoms. The maximum Gasteiger partial charge on any atom is 0.176 e. The van der Waals surface area contributed by atoms with Crippen LogP contribution in [0.4, 0.5) is 0 Å². The van der Waals surface area contributed by atoms with Gasteiger partial charge in [-0.3, -0.25) is 0 Å². The Morgan fingerprint density at radius 1 is 0.800 bits per heavy atom. The summed E-state index contributed by atoms with van der Waals surface area (Å²) in [5.74, 6) is 0. The number of sulfone groups is 2. The maximum absolute atomic E-state index is 11.3. The normalized spacial score (nSPS) is 11.6. The van der Waals surface area contributed by atoms with E-state index in [-0.39, 0.29) is 0 Å². The molecule has 0 atom stereocenters. The molecule has 138 valence electrons. The topological polar surface area (TPSA) is 68.3 Å². The lowest BCUT2D eigenvalue weighted by Gasteiger charge is -2.03. The van der Waals surface area contributed by atoms with Crippen molar-refractivity contribution in [3.63, 3.8) is 0 Å². The molecular formula is C16H17Br3O4S2. The Morgan fingerprint density at radius 3 is 1.64 bits per heavy atom. The summed E-state index contributed by atoms with van der Waals surface area (Å²) in [4.78, 5) is 0.687. The number of benzene rings is 2. The van der Waals surface area contributed by atoms with E-state index in [1.807, 2.05) is 19.1 Å². The first-order valence-corrected chi connectivity index (χ1v) is 13.4. The van der Waals surface area contributed by atoms with Crippen molar-refractivity contribution in [3.05, 3.63) is 56.5 Å². The third kappa shape index (κ3) is 7.13. The van der Waals surface area contributed by atoms with Gasteiger partial charge in [0.25, 0.3) is 0 Å². The Bertz CT molecular complexity index is 969. The molecule has 0 aliphatic carbocycles. The summed E-state index contributed by atoms with van der Waals surface area (Å²) in [6.07, 6.45) is 2.40. The number of hydrogen-bond donors (Lipinski definition) is 0. The van der Waals surface area contributed by atoms with Crippen LogP contribution in [0.2, 0.25) is 0 Å². The van der Waals surface area contributed by atoms with Crippen molar-refractivity contribution in [1.29, 1.82) is 0 Å².